The van der Waals surface area contributed by atoms with Gasteiger partial charge in [0.25, 0.3) is 0 Å². The van der Waals surface area contributed by atoms with E-state index in [1.165, 1.54) is 26.2 Å². The summed E-state index contributed by atoms with van der Waals surface area (Å²) in [6.07, 6.45) is -4.16. The lowest BCUT2D eigenvalue weighted by Gasteiger charge is -2.32. The highest BCUT2D eigenvalue weighted by atomic mass is 19.4. The Labute approximate surface area is 163 Å². The summed E-state index contributed by atoms with van der Waals surface area (Å²) in [4.78, 5) is 10.9. The molecule has 0 saturated carbocycles. The number of aliphatic imine (C=N–C) groups is 1. The molecule has 0 spiro atoms. The maximum absolute atomic E-state index is 13.9. The Morgan fingerprint density at radius 3 is 2.43 bits per heavy atom. The minimum atomic E-state index is -4.96. The van der Waals surface area contributed by atoms with E-state index < -0.39 is 23.8 Å². The van der Waals surface area contributed by atoms with Gasteiger partial charge in [0.2, 0.25) is 0 Å². The van der Waals surface area contributed by atoms with Crippen LogP contribution in [0.1, 0.15) is 38.3 Å². The van der Waals surface area contributed by atoms with Crippen LogP contribution in [-0.4, -0.2) is 55.5 Å². The Morgan fingerprint density at radius 2 is 1.93 bits per heavy atom. The van der Waals surface area contributed by atoms with Crippen LogP contribution in [-0.2, 0) is 10.4 Å². The Balaban J connectivity index is 3.49. The third-order valence-electron chi connectivity index (χ3n) is 4.19. The van der Waals surface area contributed by atoms with Gasteiger partial charge in [-0.3, -0.25) is 0 Å². The van der Waals surface area contributed by atoms with Gasteiger partial charge in [-0.15, -0.1) is 0 Å². The van der Waals surface area contributed by atoms with E-state index in [9.17, 15) is 18.3 Å². The van der Waals surface area contributed by atoms with E-state index in [2.05, 4.69) is 10.1 Å². The maximum atomic E-state index is 13.9. The first-order valence-electron chi connectivity index (χ1n) is 8.88. The number of ether oxygens (including phenoxy) is 1. The fourth-order valence-corrected chi connectivity index (χ4v) is 2.48. The number of halogens is 3. The molecule has 0 fully saturated rings. The minimum absolute atomic E-state index is 0.00745. The molecule has 9 heteroatoms. The van der Waals surface area contributed by atoms with Crippen molar-refractivity contribution >= 4 is 17.7 Å². The maximum Gasteiger partial charge on any atom is 0.421 e. The lowest BCUT2D eigenvalue weighted by molar-refractivity contribution is -0.264. The highest BCUT2D eigenvalue weighted by Gasteiger charge is 2.56. The largest absolute Gasteiger partial charge is 0.496 e. The van der Waals surface area contributed by atoms with Gasteiger partial charge >= 0.3 is 6.18 Å². The summed E-state index contributed by atoms with van der Waals surface area (Å²) < 4.78 is 46.8. The molecular weight excluding hydrogens is 375 g/mol. The molecule has 1 aromatic rings. The molecule has 0 aliphatic heterocycles. The highest BCUT2D eigenvalue weighted by molar-refractivity contribution is 5.83. The van der Waals surface area contributed by atoms with Gasteiger partial charge in [0.05, 0.1) is 24.8 Å². The Morgan fingerprint density at radius 1 is 1.29 bits per heavy atom. The van der Waals surface area contributed by atoms with E-state index >= 15 is 0 Å². The van der Waals surface area contributed by atoms with E-state index in [1.807, 2.05) is 18.9 Å². The average molecular weight is 403 g/mol. The van der Waals surface area contributed by atoms with Crippen molar-refractivity contribution in [3.63, 3.8) is 0 Å². The minimum Gasteiger partial charge on any atom is -0.496 e. The van der Waals surface area contributed by atoms with E-state index in [0.717, 1.165) is 6.54 Å². The smallest absolute Gasteiger partial charge is 0.421 e. The Kier molecular flexibility index (Phi) is 8.29. The summed E-state index contributed by atoms with van der Waals surface area (Å²) in [6.45, 7) is 7.53. The van der Waals surface area contributed by atoms with E-state index in [0.29, 0.717) is 11.3 Å². The van der Waals surface area contributed by atoms with Crippen molar-refractivity contribution in [1.29, 1.82) is 0 Å². The molecule has 0 aromatic heterocycles. The molecule has 0 saturated heterocycles. The molecule has 0 amide bonds. The molecule has 1 N–H and O–H groups in total. The van der Waals surface area contributed by atoms with Crippen molar-refractivity contribution in [2.24, 2.45) is 10.1 Å². The molecule has 6 nitrogen and oxygen atoms in total. The molecule has 28 heavy (non-hydrogen) atoms. The first-order chi connectivity index (χ1) is 13.0. The van der Waals surface area contributed by atoms with E-state index in [4.69, 9.17) is 9.57 Å². The number of aliphatic hydroxyl groups is 1. The number of aryl methyl sites for hydroxylation is 1. The standard InChI is InChI=1S/C19H28F3N3O3/c1-7-25(5)12-23-16-10-17(27-6)15(9-13(16)3)18(26,19(20,21)22)11-14(4)24-28-8-2/h9-10,12,26H,7-8,11H2,1-6H3/b23-12?,24-14+. The van der Waals surface area contributed by atoms with Crippen molar-refractivity contribution < 1.29 is 27.9 Å². The van der Waals surface area contributed by atoms with Crippen LogP contribution in [0, 0.1) is 6.92 Å². The Bertz CT molecular complexity index is 720. The third-order valence-corrected chi connectivity index (χ3v) is 4.19. The molecule has 1 aromatic carbocycles. The van der Waals surface area contributed by atoms with Crippen LogP contribution in [0.25, 0.3) is 0 Å². The summed E-state index contributed by atoms with van der Waals surface area (Å²) >= 11 is 0. The predicted molar refractivity (Wildman–Crippen MR) is 103 cm³/mol. The van der Waals surface area contributed by atoms with Crippen molar-refractivity contribution in [2.75, 3.05) is 27.3 Å². The lowest BCUT2D eigenvalue weighted by atomic mass is 9.86. The highest BCUT2D eigenvalue weighted by Crippen LogP contribution is 2.47. The lowest BCUT2D eigenvalue weighted by Crippen LogP contribution is -2.44. The number of methoxy groups -OCH3 is 1. The van der Waals surface area contributed by atoms with Gasteiger partial charge in [-0.1, -0.05) is 5.16 Å². The quantitative estimate of drug-likeness (QED) is 0.382. The summed E-state index contributed by atoms with van der Waals surface area (Å²) in [5.41, 5.74) is -2.65. The zero-order valence-electron chi connectivity index (χ0n) is 17.1. The molecule has 0 bridgehead atoms. The predicted octanol–water partition coefficient (Wildman–Crippen LogP) is 4.17. The number of rotatable bonds is 9. The van der Waals surface area contributed by atoms with Crippen LogP contribution >= 0.6 is 0 Å². The fourth-order valence-electron chi connectivity index (χ4n) is 2.48. The Hall–Kier alpha value is -2.29. The van der Waals surface area contributed by atoms with Gasteiger partial charge < -0.3 is 19.6 Å². The van der Waals surface area contributed by atoms with Gasteiger partial charge in [0, 0.05) is 31.6 Å². The summed E-state index contributed by atoms with van der Waals surface area (Å²) in [5, 5.41) is 14.3. The second-order valence-corrected chi connectivity index (χ2v) is 6.44. The third kappa shape index (κ3) is 5.60. The average Bonchev–Trinajstić information content (AvgIpc) is 2.63. The molecule has 0 radical (unpaired) electrons. The second-order valence-electron chi connectivity index (χ2n) is 6.44. The molecule has 0 aliphatic carbocycles. The van der Waals surface area contributed by atoms with Crippen molar-refractivity contribution in [1.82, 2.24) is 4.90 Å². The molecule has 1 rings (SSSR count). The zero-order chi connectivity index (χ0) is 21.5. The molecule has 1 unspecified atom stereocenters. The molecule has 158 valence electrons. The van der Waals surface area contributed by atoms with Gasteiger partial charge in [-0.05, 0) is 39.3 Å². The van der Waals surface area contributed by atoms with Crippen LogP contribution < -0.4 is 4.74 Å². The van der Waals surface area contributed by atoms with E-state index in [1.54, 1.807) is 20.2 Å². The van der Waals surface area contributed by atoms with Gasteiger partial charge in [0.15, 0.2) is 5.60 Å². The van der Waals surface area contributed by atoms with Crippen LogP contribution in [0.3, 0.4) is 0 Å². The first kappa shape index (κ1) is 23.7. The number of hydrogen-bond acceptors (Lipinski definition) is 5. The number of alkyl halides is 3. The summed E-state index contributed by atoms with van der Waals surface area (Å²) in [6, 6.07) is 2.63. The second kappa shape index (κ2) is 9.77. The summed E-state index contributed by atoms with van der Waals surface area (Å²) in [7, 11) is 3.07. The summed E-state index contributed by atoms with van der Waals surface area (Å²) in [5.74, 6) is -0.110. The number of benzene rings is 1. The first-order valence-corrected chi connectivity index (χ1v) is 8.88. The number of nitrogens with zero attached hydrogens (tertiary/aromatic N) is 3. The topological polar surface area (TPSA) is 66.7 Å². The van der Waals surface area contributed by atoms with Crippen molar-refractivity contribution in [2.45, 2.75) is 45.9 Å². The van der Waals surface area contributed by atoms with Crippen LogP contribution in [0.5, 0.6) is 5.75 Å². The van der Waals surface area contributed by atoms with Gasteiger partial charge in [0.1, 0.15) is 12.4 Å². The number of hydrogen-bond donors (Lipinski definition) is 1. The molecule has 0 aliphatic rings. The van der Waals surface area contributed by atoms with Crippen molar-refractivity contribution in [3.05, 3.63) is 23.3 Å². The fraction of sp³-hybridized carbons (Fsp3) is 0.579. The monoisotopic (exact) mass is 403 g/mol. The SMILES string of the molecule is CCO/N=C(\C)CC(O)(c1cc(C)c(N=CN(C)CC)cc1OC)C(F)(F)F. The van der Waals surface area contributed by atoms with Gasteiger partial charge in [-0.2, -0.15) is 13.2 Å². The number of oxime groups is 1. The van der Waals surface area contributed by atoms with Crippen LogP contribution in [0.15, 0.2) is 22.3 Å². The van der Waals surface area contributed by atoms with Crippen molar-refractivity contribution in [3.8, 4) is 5.75 Å². The van der Waals surface area contributed by atoms with Gasteiger partial charge in [-0.25, -0.2) is 4.99 Å². The molecule has 1 atom stereocenters. The zero-order valence-corrected chi connectivity index (χ0v) is 17.1. The van der Waals surface area contributed by atoms with Crippen LogP contribution in [0.4, 0.5) is 18.9 Å². The molecular formula is C19H28F3N3O3. The van der Waals surface area contributed by atoms with Crippen LogP contribution in [0.2, 0.25) is 0 Å². The van der Waals surface area contributed by atoms with E-state index in [-0.39, 0.29) is 18.1 Å². The normalized spacial score (nSPS) is 14.9. The molecule has 0 heterocycles.